The third kappa shape index (κ3) is 3.22. The number of nitrogens with zero attached hydrogens (tertiary/aromatic N) is 3. The number of hydrogen-bond acceptors (Lipinski definition) is 4. The van der Waals surface area contributed by atoms with Crippen LogP contribution in [0.15, 0.2) is 59.5 Å². The molecule has 2 heterocycles. The van der Waals surface area contributed by atoms with E-state index in [0.717, 1.165) is 11.3 Å². The molecule has 0 aliphatic heterocycles. The zero-order chi connectivity index (χ0) is 19.7. The first-order valence-electron chi connectivity index (χ1n) is 8.98. The average molecular weight is 376 g/mol. The topological polar surface area (TPSA) is 79.7 Å². The van der Waals surface area contributed by atoms with Crippen LogP contribution in [0.3, 0.4) is 0 Å². The van der Waals surface area contributed by atoms with Gasteiger partial charge < -0.3 is 14.6 Å². The highest BCUT2D eigenvalue weighted by molar-refractivity contribution is 6.00. The van der Waals surface area contributed by atoms with Crippen LogP contribution in [0.1, 0.15) is 15.9 Å². The lowest BCUT2D eigenvalue weighted by Gasteiger charge is -2.17. The van der Waals surface area contributed by atoms with Gasteiger partial charge in [-0.3, -0.25) is 9.59 Å². The van der Waals surface area contributed by atoms with Crippen molar-refractivity contribution in [3.05, 3.63) is 76.2 Å². The number of carbonyl (C=O) groups excluding carboxylic acids is 1. The Kier molecular flexibility index (Phi) is 4.57. The number of hydrogen-bond donors (Lipinski definition) is 1. The van der Waals surface area contributed by atoms with Gasteiger partial charge in [0.2, 0.25) is 0 Å². The Bertz CT molecular complexity index is 1210. The molecule has 7 heteroatoms. The molecule has 4 aromatic rings. The van der Waals surface area contributed by atoms with Crippen LogP contribution in [0.5, 0.6) is 5.75 Å². The molecule has 0 bridgehead atoms. The van der Waals surface area contributed by atoms with E-state index in [1.54, 1.807) is 34.7 Å². The summed E-state index contributed by atoms with van der Waals surface area (Å²) in [6, 6.07) is 14.9. The molecule has 1 amide bonds. The monoisotopic (exact) mass is 376 g/mol. The Hall–Kier alpha value is -3.61. The second-order valence-corrected chi connectivity index (χ2v) is 6.68. The van der Waals surface area contributed by atoms with Gasteiger partial charge in [0.1, 0.15) is 23.6 Å². The minimum Gasteiger partial charge on any atom is -0.492 e. The zero-order valence-corrected chi connectivity index (χ0v) is 15.7. The molecule has 0 fully saturated rings. The number of aromatic amines is 1. The molecule has 0 unspecified atom stereocenters. The van der Waals surface area contributed by atoms with Gasteiger partial charge in [0.25, 0.3) is 11.5 Å². The van der Waals surface area contributed by atoms with E-state index in [4.69, 9.17) is 4.74 Å². The van der Waals surface area contributed by atoms with Crippen molar-refractivity contribution in [2.24, 2.45) is 0 Å². The molecule has 0 aliphatic rings. The van der Waals surface area contributed by atoms with Crippen LogP contribution in [0.25, 0.3) is 16.6 Å². The molecule has 4 rings (SSSR count). The second kappa shape index (κ2) is 7.19. The summed E-state index contributed by atoms with van der Waals surface area (Å²) in [5.41, 5.74) is 2.31. The Balaban J connectivity index is 1.53. The van der Waals surface area contributed by atoms with E-state index in [0.29, 0.717) is 35.3 Å². The van der Waals surface area contributed by atoms with Crippen LogP contribution in [0.4, 0.5) is 0 Å². The summed E-state index contributed by atoms with van der Waals surface area (Å²) in [4.78, 5) is 29.5. The van der Waals surface area contributed by atoms with E-state index in [2.05, 4.69) is 10.1 Å². The van der Waals surface area contributed by atoms with Gasteiger partial charge in [-0.05, 0) is 31.2 Å². The quantitative estimate of drug-likeness (QED) is 0.581. The van der Waals surface area contributed by atoms with Gasteiger partial charge in [0.05, 0.1) is 23.6 Å². The summed E-state index contributed by atoms with van der Waals surface area (Å²) in [5.74, 6) is 0.534. The molecule has 0 spiro atoms. The third-order valence-corrected chi connectivity index (χ3v) is 4.67. The first-order chi connectivity index (χ1) is 13.5. The molecule has 7 nitrogen and oxygen atoms in total. The highest BCUT2D eigenvalue weighted by Crippen LogP contribution is 2.16. The number of fused-ring (bicyclic) bond motifs is 3. The van der Waals surface area contributed by atoms with Gasteiger partial charge in [-0.1, -0.05) is 29.8 Å². The SMILES string of the molecule is Cc1ccc(OCCN(C)C(=O)c2cnn3c2[nH]c(=O)c2ccccc23)cc1. The molecule has 0 saturated heterocycles. The number of aromatic nitrogens is 3. The summed E-state index contributed by atoms with van der Waals surface area (Å²) in [7, 11) is 1.70. The number of rotatable bonds is 5. The van der Waals surface area contributed by atoms with Crippen molar-refractivity contribution in [3.63, 3.8) is 0 Å². The molecule has 0 aliphatic carbocycles. The predicted octanol–water partition coefficient (Wildman–Crippen LogP) is 2.64. The number of ether oxygens (including phenoxy) is 1. The van der Waals surface area contributed by atoms with Crippen LogP contribution < -0.4 is 10.3 Å². The van der Waals surface area contributed by atoms with Gasteiger partial charge in [0, 0.05) is 7.05 Å². The molecule has 142 valence electrons. The fourth-order valence-electron chi connectivity index (χ4n) is 3.08. The molecule has 2 aromatic carbocycles. The Morgan fingerprint density at radius 3 is 2.71 bits per heavy atom. The normalized spacial score (nSPS) is 11.1. The lowest BCUT2D eigenvalue weighted by molar-refractivity contribution is 0.0775. The van der Waals surface area contributed by atoms with Crippen LogP contribution in [0.2, 0.25) is 0 Å². The number of amides is 1. The van der Waals surface area contributed by atoms with Gasteiger partial charge in [0.15, 0.2) is 0 Å². The summed E-state index contributed by atoms with van der Waals surface area (Å²) >= 11 is 0. The maximum atomic E-state index is 12.8. The lowest BCUT2D eigenvalue weighted by atomic mass is 10.2. The zero-order valence-electron chi connectivity index (χ0n) is 15.7. The Morgan fingerprint density at radius 1 is 1.18 bits per heavy atom. The summed E-state index contributed by atoms with van der Waals surface area (Å²) in [5, 5.41) is 4.82. The van der Waals surface area contributed by atoms with Crippen molar-refractivity contribution in [1.82, 2.24) is 19.5 Å². The second-order valence-electron chi connectivity index (χ2n) is 6.68. The number of likely N-dealkylation sites (N-methyl/N-ethyl adjacent to an activating group) is 1. The van der Waals surface area contributed by atoms with Crippen LogP contribution in [-0.4, -0.2) is 45.6 Å². The van der Waals surface area contributed by atoms with Gasteiger partial charge in [-0.2, -0.15) is 5.10 Å². The molecule has 0 saturated carbocycles. The van der Waals surface area contributed by atoms with Gasteiger partial charge in [-0.15, -0.1) is 0 Å². The van der Waals surface area contributed by atoms with Crippen molar-refractivity contribution in [2.75, 3.05) is 20.2 Å². The van der Waals surface area contributed by atoms with E-state index >= 15 is 0 Å². The molecule has 2 aromatic heterocycles. The van der Waals surface area contributed by atoms with E-state index in [-0.39, 0.29) is 11.5 Å². The molecule has 0 radical (unpaired) electrons. The van der Waals surface area contributed by atoms with Crippen LogP contribution in [0, 0.1) is 6.92 Å². The van der Waals surface area contributed by atoms with Gasteiger partial charge in [-0.25, -0.2) is 4.52 Å². The summed E-state index contributed by atoms with van der Waals surface area (Å²) in [6.45, 7) is 2.78. The number of benzene rings is 2. The van der Waals surface area contributed by atoms with Crippen LogP contribution in [-0.2, 0) is 0 Å². The molecule has 28 heavy (non-hydrogen) atoms. The number of nitrogens with one attached hydrogen (secondary N) is 1. The Morgan fingerprint density at radius 2 is 1.93 bits per heavy atom. The highest BCUT2D eigenvalue weighted by Gasteiger charge is 2.19. The standard InChI is InChI=1S/C21H20N4O3/c1-14-7-9-15(10-8-14)28-12-11-24(2)21(27)17-13-22-25-18-6-4-3-5-16(18)20(26)23-19(17)25/h3-10,13H,11-12H2,1-2H3,(H,23,26). The first kappa shape index (κ1) is 17.8. The summed E-state index contributed by atoms with van der Waals surface area (Å²) < 4.78 is 7.27. The third-order valence-electron chi connectivity index (χ3n) is 4.67. The fraction of sp³-hybridized carbons (Fsp3) is 0.190. The summed E-state index contributed by atoms with van der Waals surface area (Å²) in [6.07, 6.45) is 1.48. The van der Waals surface area contributed by atoms with E-state index in [1.807, 2.05) is 37.3 Å². The van der Waals surface area contributed by atoms with Crippen molar-refractivity contribution >= 4 is 22.5 Å². The van der Waals surface area contributed by atoms with Crippen molar-refractivity contribution < 1.29 is 9.53 Å². The molecular formula is C21H20N4O3. The lowest BCUT2D eigenvalue weighted by Crippen LogP contribution is -2.31. The maximum absolute atomic E-state index is 12.8. The van der Waals surface area contributed by atoms with Crippen molar-refractivity contribution in [1.29, 1.82) is 0 Å². The first-order valence-corrected chi connectivity index (χ1v) is 8.98. The number of H-pyrrole nitrogens is 1. The minimum absolute atomic E-state index is 0.228. The van der Waals surface area contributed by atoms with Crippen molar-refractivity contribution in [3.8, 4) is 5.75 Å². The van der Waals surface area contributed by atoms with E-state index in [1.165, 1.54) is 6.20 Å². The highest BCUT2D eigenvalue weighted by atomic mass is 16.5. The fourth-order valence-corrected chi connectivity index (χ4v) is 3.08. The number of carbonyl (C=O) groups is 1. The maximum Gasteiger partial charge on any atom is 0.259 e. The molecule has 0 atom stereocenters. The van der Waals surface area contributed by atoms with Crippen molar-refractivity contribution in [2.45, 2.75) is 6.92 Å². The number of para-hydroxylation sites is 1. The van der Waals surface area contributed by atoms with Crippen LogP contribution >= 0.6 is 0 Å². The Labute approximate surface area is 161 Å². The smallest absolute Gasteiger partial charge is 0.259 e. The minimum atomic E-state index is -0.247. The molecular weight excluding hydrogens is 356 g/mol. The number of aryl methyl sites for hydroxylation is 1. The largest absolute Gasteiger partial charge is 0.492 e. The molecule has 1 N–H and O–H groups in total. The predicted molar refractivity (Wildman–Crippen MR) is 107 cm³/mol. The van der Waals surface area contributed by atoms with Gasteiger partial charge >= 0.3 is 0 Å². The average Bonchev–Trinajstić information content (AvgIpc) is 3.13. The van der Waals surface area contributed by atoms with E-state index < -0.39 is 0 Å². The van der Waals surface area contributed by atoms with E-state index in [9.17, 15) is 9.59 Å².